The topological polar surface area (TPSA) is 55.2 Å². The molecule has 21 heavy (non-hydrogen) atoms. The van der Waals surface area contributed by atoms with Crippen LogP contribution in [0.3, 0.4) is 0 Å². The van der Waals surface area contributed by atoms with Gasteiger partial charge in [0, 0.05) is 23.4 Å². The van der Waals surface area contributed by atoms with Crippen LogP contribution >= 0.6 is 0 Å². The van der Waals surface area contributed by atoms with Crippen LogP contribution < -0.4 is 5.32 Å². The molecule has 1 aromatic rings. The highest BCUT2D eigenvalue weighted by molar-refractivity contribution is 5.55. The van der Waals surface area contributed by atoms with E-state index in [9.17, 15) is 10.1 Å². The lowest BCUT2D eigenvalue weighted by molar-refractivity contribution is -0.385. The number of nitrogens with one attached hydrogen (secondary N) is 1. The molecule has 2 rings (SSSR count). The third kappa shape index (κ3) is 3.74. The van der Waals surface area contributed by atoms with Crippen molar-refractivity contribution in [1.82, 2.24) is 0 Å². The van der Waals surface area contributed by atoms with Gasteiger partial charge in [-0.3, -0.25) is 10.1 Å². The number of nitro groups is 1. The Hall–Kier alpha value is -1.58. The van der Waals surface area contributed by atoms with Crippen molar-refractivity contribution in [1.29, 1.82) is 0 Å². The van der Waals surface area contributed by atoms with Crippen LogP contribution in [0.25, 0.3) is 0 Å². The fraction of sp³-hybridized carbons (Fsp3) is 0.647. The summed E-state index contributed by atoms with van der Waals surface area (Å²) in [6.45, 7) is 8.62. The van der Waals surface area contributed by atoms with E-state index in [-0.39, 0.29) is 10.6 Å². The van der Waals surface area contributed by atoms with Gasteiger partial charge < -0.3 is 5.32 Å². The molecule has 0 radical (unpaired) electrons. The molecular formula is C17H26N2O2. The maximum Gasteiger partial charge on any atom is 0.274 e. The van der Waals surface area contributed by atoms with Crippen molar-refractivity contribution in [2.45, 2.75) is 53.0 Å². The average molecular weight is 290 g/mol. The summed E-state index contributed by atoms with van der Waals surface area (Å²) in [5, 5.41) is 14.6. The summed E-state index contributed by atoms with van der Waals surface area (Å²) in [4.78, 5) is 10.8. The van der Waals surface area contributed by atoms with E-state index in [1.54, 1.807) is 13.0 Å². The minimum Gasteiger partial charge on any atom is -0.382 e. The minimum absolute atomic E-state index is 0.199. The predicted octanol–water partition coefficient (Wildman–Crippen LogP) is 4.78. The summed E-state index contributed by atoms with van der Waals surface area (Å²) in [7, 11) is 0. The van der Waals surface area contributed by atoms with Gasteiger partial charge in [-0.1, -0.05) is 33.3 Å². The maximum atomic E-state index is 11.1. The third-order valence-corrected chi connectivity index (χ3v) is 4.78. The smallest absolute Gasteiger partial charge is 0.274 e. The van der Waals surface area contributed by atoms with Crippen molar-refractivity contribution in [2.75, 3.05) is 5.32 Å². The molecule has 1 aliphatic carbocycles. The Kier molecular flexibility index (Phi) is 4.86. The zero-order valence-electron chi connectivity index (χ0n) is 13.4. The van der Waals surface area contributed by atoms with Crippen LogP contribution in [-0.2, 0) is 0 Å². The first-order valence-electron chi connectivity index (χ1n) is 7.90. The Balaban J connectivity index is 2.18. The average Bonchev–Trinajstić information content (AvgIpc) is 2.40. The van der Waals surface area contributed by atoms with E-state index in [4.69, 9.17) is 0 Å². The van der Waals surface area contributed by atoms with Gasteiger partial charge in [0.25, 0.3) is 5.69 Å². The second-order valence-corrected chi connectivity index (χ2v) is 6.84. The van der Waals surface area contributed by atoms with Crippen LogP contribution in [0.1, 0.15) is 45.6 Å². The summed E-state index contributed by atoms with van der Waals surface area (Å²) in [5.41, 5.74) is 1.78. The number of aryl methyl sites for hydroxylation is 1. The monoisotopic (exact) mass is 290 g/mol. The Labute approximate surface area is 127 Å². The number of nitro benzene ring substituents is 1. The molecule has 1 N–H and O–H groups in total. The summed E-state index contributed by atoms with van der Waals surface area (Å²) < 4.78 is 0. The summed E-state index contributed by atoms with van der Waals surface area (Å²) in [6, 6.07) is 5.87. The first-order chi connectivity index (χ1) is 9.88. The second kappa shape index (κ2) is 6.46. The van der Waals surface area contributed by atoms with Crippen LogP contribution in [-0.4, -0.2) is 11.0 Å². The molecular weight excluding hydrogens is 264 g/mol. The van der Waals surface area contributed by atoms with E-state index in [1.807, 2.05) is 12.1 Å². The van der Waals surface area contributed by atoms with Crippen molar-refractivity contribution in [3.8, 4) is 0 Å². The first-order valence-corrected chi connectivity index (χ1v) is 7.90. The number of anilines is 1. The van der Waals surface area contributed by atoms with Crippen molar-refractivity contribution in [2.24, 2.45) is 17.8 Å². The molecule has 0 saturated heterocycles. The van der Waals surface area contributed by atoms with Crippen LogP contribution in [0.2, 0.25) is 0 Å². The van der Waals surface area contributed by atoms with Gasteiger partial charge in [0.15, 0.2) is 0 Å². The normalized spacial score (nSPS) is 25.9. The third-order valence-electron chi connectivity index (χ3n) is 4.78. The molecule has 0 amide bonds. The van der Waals surface area contributed by atoms with Crippen molar-refractivity contribution >= 4 is 11.4 Å². The molecule has 0 aromatic heterocycles. The lowest BCUT2D eigenvalue weighted by Gasteiger charge is -2.38. The Morgan fingerprint density at radius 2 is 2.05 bits per heavy atom. The van der Waals surface area contributed by atoms with Crippen LogP contribution in [0.15, 0.2) is 18.2 Å². The second-order valence-electron chi connectivity index (χ2n) is 6.84. The Bertz CT molecular complexity index is 514. The highest BCUT2D eigenvalue weighted by Gasteiger charge is 2.30. The molecule has 4 heteroatoms. The summed E-state index contributed by atoms with van der Waals surface area (Å²) in [5.74, 6) is 2.00. The molecule has 0 bridgehead atoms. The molecule has 0 aliphatic heterocycles. The lowest BCUT2D eigenvalue weighted by Crippen LogP contribution is -2.37. The minimum atomic E-state index is -0.302. The van der Waals surface area contributed by atoms with E-state index < -0.39 is 0 Å². The summed E-state index contributed by atoms with van der Waals surface area (Å²) >= 11 is 0. The molecule has 1 fully saturated rings. The number of hydrogen-bond acceptors (Lipinski definition) is 3. The molecule has 1 aliphatic rings. The largest absolute Gasteiger partial charge is 0.382 e. The van der Waals surface area contributed by atoms with Gasteiger partial charge in [-0.15, -0.1) is 0 Å². The molecule has 116 valence electrons. The van der Waals surface area contributed by atoms with Gasteiger partial charge in [0.2, 0.25) is 0 Å². The number of rotatable bonds is 4. The maximum absolute atomic E-state index is 11.1. The van der Waals surface area contributed by atoms with Gasteiger partial charge >= 0.3 is 0 Å². The zero-order valence-corrected chi connectivity index (χ0v) is 13.4. The molecule has 1 aromatic carbocycles. The zero-order chi connectivity index (χ0) is 15.6. The van der Waals surface area contributed by atoms with Gasteiger partial charge in [-0.05, 0) is 43.6 Å². The van der Waals surface area contributed by atoms with Crippen LogP contribution in [0.5, 0.6) is 0 Å². The van der Waals surface area contributed by atoms with Crippen molar-refractivity contribution < 1.29 is 4.92 Å². The van der Waals surface area contributed by atoms with Crippen LogP contribution in [0.4, 0.5) is 11.4 Å². The van der Waals surface area contributed by atoms with E-state index in [0.717, 1.165) is 18.0 Å². The molecule has 3 unspecified atom stereocenters. The predicted molar refractivity (Wildman–Crippen MR) is 86.6 cm³/mol. The Morgan fingerprint density at radius 3 is 2.67 bits per heavy atom. The standard InChI is InChI=1S/C17H26N2O2/c1-11(2)15-8-5-12(3)9-16(15)18-14-7-6-13(4)17(10-14)19(20)21/h6-7,10-12,15-16,18H,5,8-9H2,1-4H3. The fourth-order valence-corrected chi connectivity index (χ4v) is 3.48. The van der Waals surface area contributed by atoms with E-state index >= 15 is 0 Å². The number of nitrogens with zero attached hydrogens (tertiary/aromatic N) is 1. The lowest BCUT2D eigenvalue weighted by atomic mass is 9.74. The van der Waals surface area contributed by atoms with Gasteiger partial charge in [0.05, 0.1) is 4.92 Å². The molecule has 4 nitrogen and oxygen atoms in total. The highest BCUT2D eigenvalue weighted by Crippen LogP contribution is 2.35. The van der Waals surface area contributed by atoms with Gasteiger partial charge in [0.1, 0.15) is 0 Å². The van der Waals surface area contributed by atoms with E-state index in [0.29, 0.717) is 23.4 Å². The first kappa shape index (κ1) is 15.8. The van der Waals surface area contributed by atoms with Crippen molar-refractivity contribution in [3.63, 3.8) is 0 Å². The van der Waals surface area contributed by atoms with E-state index in [1.165, 1.54) is 12.8 Å². The summed E-state index contributed by atoms with van der Waals surface area (Å²) in [6.07, 6.45) is 3.67. The number of hydrogen-bond donors (Lipinski definition) is 1. The van der Waals surface area contributed by atoms with Crippen LogP contribution in [0, 0.1) is 34.8 Å². The fourth-order valence-electron chi connectivity index (χ4n) is 3.48. The molecule has 3 atom stereocenters. The molecule has 1 saturated carbocycles. The van der Waals surface area contributed by atoms with Crippen molar-refractivity contribution in [3.05, 3.63) is 33.9 Å². The van der Waals surface area contributed by atoms with E-state index in [2.05, 4.69) is 26.1 Å². The van der Waals surface area contributed by atoms with Gasteiger partial charge in [-0.2, -0.15) is 0 Å². The highest BCUT2D eigenvalue weighted by atomic mass is 16.6. The number of benzene rings is 1. The molecule has 0 heterocycles. The SMILES string of the molecule is Cc1ccc(NC2CC(C)CCC2C(C)C)cc1[N+](=O)[O-]. The van der Waals surface area contributed by atoms with Gasteiger partial charge in [-0.25, -0.2) is 0 Å². The molecule has 0 spiro atoms. The quantitative estimate of drug-likeness (QED) is 0.641. The Morgan fingerprint density at radius 1 is 1.33 bits per heavy atom.